The van der Waals surface area contributed by atoms with Gasteiger partial charge in [-0.05, 0) is 48.4 Å². The fourth-order valence-corrected chi connectivity index (χ4v) is 3.76. The summed E-state index contributed by atoms with van der Waals surface area (Å²) in [5, 5.41) is 3.53. The second kappa shape index (κ2) is 6.57. The largest absolute Gasteiger partial charge is 0.497 e. The van der Waals surface area contributed by atoms with Crippen LogP contribution in [0.3, 0.4) is 0 Å². The van der Waals surface area contributed by atoms with E-state index in [9.17, 15) is 0 Å². The van der Waals surface area contributed by atoms with E-state index in [-0.39, 0.29) is 6.04 Å². The van der Waals surface area contributed by atoms with Crippen LogP contribution >= 0.6 is 0 Å². The Kier molecular flexibility index (Phi) is 3.90. The summed E-state index contributed by atoms with van der Waals surface area (Å²) in [7, 11) is 1.69. The Hall–Kier alpha value is -3.53. The Morgan fingerprint density at radius 3 is 2.43 bits per heavy atom. The van der Waals surface area contributed by atoms with E-state index in [2.05, 4.69) is 77.5 Å². The van der Waals surface area contributed by atoms with Gasteiger partial charge in [0.15, 0.2) is 0 Å². The van der Waals surface area contributed by atoms with Gasteiger partial charge in [0.25, 0.3) is 0 Å². The van der Waals surface area contributed by atoms with Gasteiger partial charge in [-0.25, -0.2) is 4.98 Å². The second-order valence-corrected chi connectivity index (χ2v) is 7.08. The summed E-state index contributed by atoms with van der Waals surface area (Å²) in [6.07, 6.45) is 2.27. The standard InChI is InChI=1S/C24H21N3O/c1-16-7-9-17(10-8-16)21-15-23(18-11-13-19(28-2)14-12-18)27-22-6-4-3-5-20(22)25-24(27)26-21/h3-15,23H,1-2H3,(H,25,26)/t23-/m0/s1. The van der Waals surface area contributed by atoms with Gasteiger partial charge in [-0.1, -0.05) is 54.1 Å². The van der Waals surface area contributed by atoms with E-state index in [1.165, 1.54) is 11.1 Å². The summed E-state index contributed by atoms with van der Waals surface area (Å²) in [6, 6.07) is 25.1. The minimum atomic E-state index is 0.0471. The van der Waals surface area contributed by atoms with Crippen molar-refractivity contribution < 1.29 is 4.74 Å². The Balaban J connectivity index is 1.68. The number of hydrogen-bond donors (Lipinski definition) is 1. The van der Waals surface area contributed by atoms with Crippen molar-refractivity contribution in [3.8, 4) is 5.75 Å². The van der Waals surface area contributed by atoms with Crippen LogP contribution in [0.4, 0.5) is 5.95 Å². The minimum absolute atomic E-state index is 0.0471. The molecule has 1 atom stereocenters. The predicted octanol–water partition coefficient (Wildman–Crippen LogP) is 5.41. The highest BCUT2D eigenvalue weighted by atomic mass is 16.5. The van der Waals surface area contributed by atoms with Gasteiger partial charge in [0.05, 0.1) is 24.2 Å². The van der Waals surface area contributed by atoms with E-state index in [1.54, 1.807) is 7.11 Å². The van der Waals surface area contributed by atoms with Crippen LogP contribution < -0.4 is 10.1 Å². The zero-order chi connectivity index (χ0) is 19.1. The molecule has 0 unspecified atom stereocenters. The number of aromatic nitrogens is 2. The van der Waals surface area contributed by atoms with Gasteiger partial charge in [0, 0.05) is 5.70 Å². The summed E-state index contributed by atoms with van der Waals surface area (Å²) in [4.78, 5) is 4.84. The number of benzene rings is 3. The molecule has 1 N–H and O–H groups in total. The Morgan fingerprint density at radius 1 is 0.929 bits per heavy atom. The van der Waals surface area contributed by atoms with Crippen LogP contribution in [0.5, 0.6) is 5.75 Å². The quantitative estimate of drug-likeness (QED) is 0.526. The highest BCUT2D eigenvalue weighted by Gasteiger charge is 2.25. The Bertz CT molecular complexity index is 1170. The lowest BCUT2D eigenvalue weighted by Crippen LogP contribution is -2.19. The lowest BCUT2D eigenvalue weighted by molar-refractivity contribution is 0.414. The zero-order valence-electron chi connectivity index (χ0n) is 15.9. The third-order valence-corrected chi connectivity index (χ3v) is 5.26. The van der Waals surface area contributed by atoms with Crippen LogP contribution in [-0.4, -0.2) is 16.7 Å². The molecule has 0 bridgehead atoms. The van der Waals surface area contributed by atoms with Crippen molar-refractivity contribution in [3.63, 3.8) is 0 Å². The van der Waals surface area contributed by atoms with Crippen molar-refractivity contribution in [2.24, 2.45) is 0 Å². The lowest BCUT2D eigenvalue weighted by Gasteiger charge is -2.26. The first-order chi connectivity index (χ1) is 13.7. The number of anilines is 1. The maximum Gasteiger partial charge on any atom is 0.209 e. The fraction of sp³-hybridized carbons (Fsp3) is 0.125. The maximum absolute atomic E-state index is 5.34. The highest BCUT2D eigenvalue weighted by Crippen LogP contribution is 2.37. The van der Waals surface area contributed by atoms with Crippen LogP contribution in [0.1, 0.15) is 22.7 Å². The average Bonchev–Trinajstić information content (AvgIpc) is 3.12. The molecule has 0 spiro atoms. The van der Waals surface area contributed by atoms with Crippen molar-refractivity contribution in [3.05, 3.63) is 95.6 Å². The molecule has 1 aliphatic rings. The van der Waals surface area contributed by atoms with E-state index in [0.29, 0.717) is 0 Å². The zero-order valence-corrected chi connectivity index (χ0v) is 15.9. The summed E-state index contributed by atoms with van der Waals surface area (Å²) >= 11 is 0. The molecule has 4 heteroatoms. The molecule has 0 amide bonds. The minimum Gasteiger partial charge on any atom is -0.497 e. The average molecular weight is 367 g/mol. The molecular formula is C24H21N3O. The molecule has 1 aliphatic heterocycles. The molecule has 3 aromatic carbocycles. The van der Waals surface area contributed by atoms with Crippen LogP contribution in [0, 0.1) is 6.92 Å². The van der Waals surface area contributed by atoms with Gasteiger partial charge in [0.2, 0.25) is 5.95 Å². The van der Waals surface area contributed by atoms with Gasteiger partial charge in [-0.2, -0.15) is 0 Å². The van der Waals surface area contributed by atoms with Gasteiger partial charge in [-0.3, -0.25) is 4.57 Å². The van der Waals surface area contributed by atoms with Crippen molar-refractivity contribution >= 4 is 22.7 Å². The molecule has 0 radical (unpaired) electrons. The number of ether oxygens (including phenoxy) is 1. The van der Waals surface area contributed by atoms with E-state index < -0.39 is 0 Å². The molecule has 28 heavy (non-hydrogen) atoms. The van der Waals surface area contributed by atoms with Crippen molar-refractivity contribution in [1.29, 1.82) is 0 Å². The van der Waals surface area contributed by atoms with Gasteiger partial charge >= 0.3 is 0 Å². The van der Waals surface area contributed by atoms with E-state index in [4.69, 9.17) is 9.72 Å². The van der Waals surface area contributed by atoms with E-state index in [1.807, 2.05) is 18.2 Å². The number of para-hydroxylation sites is 2. The van der Waals surface area contributed by atoms with Crippen molar-refractivity contribution in [2.75, 3.05) is 12.4 Å². The van der Waals surface area contributed by atoms with Gasteiger partial charge in [0.1, 0.15) is 5.75 Å². The third-order valence-electron chi connectivity index (χ3n) is 5.26. The molecule has 0 aliphatic carbocycles. The number of imidazole rings is 1. The number of fused-ring (bicyclic) bond motifs is 3. The van der Waals surface area contributed by atoms with Crippen molar-refractivity contribution in [2.45, 2.75) is 13.0 Å². The predicted molar refractivity (Wildman–Crippen MR) is 114 cm³/mol. The smallest absolute Gasteiger partial charge is 0.209 e. The molecule has 2 heterocycles. The van der Waals surface area contributed by atoms with Crippen LogP contribution in [0.15, 0.2) is 78.9 Å². The number of allylic oxidation sites excluding steroid dienone is 1. The van der Waals surface area contributed by atoms with Crippen LogP contribution in [0.2, 0.25) is 0 Å². The monoisotopic (exact) mass is 367 g/mol. The summed E-state index contributed by atoms with van der Waals surface area (Å²) < 4.78 is 7.59. The third kappa shape index (κ3) is 2.74. The Labute approximate surface area is 164 Å². The number of methoxy groups -OCH3 is 1. The molecule has 5 rings (SSSR count). The van der Waals surface area contributed by atoms with Crippen LogP contribution in [0.25, 0.3) is 16.7 Å². The van der Waals surface area contributed by atoms with Gasteiger partial charge < -0.3 is 10.1 Å². The Morgan fingerprint density at radius 2 is 1.68 bits per heavy atom. The number of nitrogens with zero attached hydrogens (tertiary/aromatic N) is 2. The van der Waals surface area contributed by atoms with Crippen molar-refractivity contribution in [1.82, 2.24) is 9.55 Å². The van der Waals surface area contributed by atoms with Crippen LogP contribution in [-0.2, 0) is 0 Å². The SMILES string of the molecule is COc1ccc([C@@H]2C=C(c3ccc(C)cc3)Nc3nc4ccccc4n32)cc1. The molecule has 4 nitrogen and oxygen atoms in total. The molecule has 4 aromatic rings. The first kappa shape index (κ1) is 16.6. The summed E-state index contributed by atoms with van der Waals surface area (Å²) in [5.41, 5.74) is 6.77. The first-order valence-electron chi connectivity index (χ1n) is 9.40. The number of rotatable bonds is 3. The van der Waals surface area contributed by atoms with E-state index in [0.717, 1.165) is 34.0 Å². The van der Waals surface area contributed by atoms with Gasteiger partial charge in [-0.15, -0.1) is 0 Å². The first-order valence-corrected chi connectivity index (χ1v) is 9.40. The highest BCUT2D eigenvalue weighted by molar-refractivity contribution is 5.85. The molecule has 1 aromatic heterocycles. The normalized spacial score (nSPS) is 15.6. The molecule has 0 saturated heterocycles. The number of nitrogens with one attached hydrogen (secondary N) is 1. The molecular weight excluding hydrogens is 346 g/mol. The molecule has 0 fully saturated rings. The fourth-order valence-electron chi connectivity index (χ4n) is 3.76. The number of hydrogen-bond acceptors (Lipinski definition) is 3. The second-order valence-electron chi connectivity index (χ2n) is 7.08. The lowest BCUT2D eigenvalue weighted by atomic mass is 10.0. The molecule has 0 saturated carbocycles. The molecule has 138 valence electrons. The topological polar surface area (TPSA) is 39.1 Å². The summed E-state index contributed by atoms with van der Waals surface area (Å²) in [5.74, 6) is 1.72. The van der Waals surface area contributed by atoms with E-state index >= 15 is 0 Å². The number of aryl methyl sites for hydroxylation is 1. The maximum atomic E-state index is 5.34. The summed E-state index contributed by atoms with van der Waals surface area (Å²) in [6.45, 7) is 2.10.